The van der Waals surface area contributed by atoms with Crippen molar-refractivity contribution >= 4 is 0 Å². The summed E-state index contributed by atoms with van der Waals surface area (Å²) in [6.45, 7) is 10.1. The molecule has 3 rings (SSSR count). The lowest BCUT2D eigenvalue weighted by Crippen LogP contribution is -2.26. The van der Waals surface area contributed by atoms with E-state index < -0.39 is 0 Å². The molecule has 2 aromatic rings. The summed E-state index contributed by atoms with van der Waals surface area (Å²) in [5.74, 6) is 3.09. The van der Waals surface area contributed by atoms with Crippen LogP contribution in [0.2, 0.25) is 0 Å². The van der Waals surface area contributed by atoms with Crippen molar-refractivity contribution in [3.05, 3.63) is 54.1 Å². The summed E-state index contributed by atoms with van der Waals surface area (Å²) in [6, 6.07) is 20.5. The third-order valence-electron chi connectivity index (χ3n) is 9.11. The van der Waals surface area contributed by atoms with E-state index in [1.807, 2.05) is 0 Å². The normalized spacial score (nSPS) is 20.1. The van der Waals surface area contributed by atoms with Crippen LogP contribution in [0.4, 0.5) is 0 Å². The van der Waals surface area contributed by atoms with Crippen LogP contribution in [-0.2, 0) is 0 Å². The molecule has 1 atom stereocenters. The number of unbranched alkanes of at least 4 members (excludes halogenated alkanes) is 5. The second kappa shape index (κ2) is 16.7. The van der Waals surface area contributed by atoms with Gasteiger partial charge in [-0.25, -0.2) is 0 Å². The van der Waals surface area contributed by atoms with E-state index >= 15 is 0 Å². The number of hydrogen-bond donors (Lipinski definition) is 0. The lowest BCUT2D eigenvalue weighted by atomic mass is 9.67. The Labute approximate surface area is 240 Å². The molecule has 0 N–H and O–H groups in total. The summed E-state index contributed by atoms with van der Waals surface area (Å²) in [5, 5.41) is 10.1. The molecule has 0 saturated heterocycles. The van der Waals surface area contributed by atoms with Crippen LogP contribution in [0.25, 0.3) is 11.1 Å². The van der Waals surface area contributed by atoms with Crippen molar-refractivity contribution in [3.8, 4) is 22.9 Å². The van der Waals surface area contributed by atoms with Gasteiger partial charge in [0, 0.05) is 0 Å². The molecular weight excluding hydrogens is 474 g/mol. The standard InChI is InChI=1S/C37H55NO/c1-5-6-7-8-9-10-28-39-36-20-18-34(19-21-36)32-14-16-33(17-15-32)35-23-26-37(29-38,27-24-35)25-22-31(4)13-11-12-30(2)3/h14-21,30-31,35H,5-13,22-28H2,1-4H3. The Kier molecular flexibility index (Phi) is 13.4. The molecular formula is C37H55NO. The molecule has 2 nitrogen and oxygen atoms in total. The van der Waals surface area contributed by atoms with Crippen LogP contribution >= 0.6 is 0 Å². The first-order chi connectivity index (χ1) is 18.9. The fourth-order valence-electron chi connectivity index (χ4n) is 6.23. The average Bonchev–Trinajstić information content (AvgIpc) is 2.96. The second-order valence-corrected chi connectivity index (χ2v) is 12.9. The maximum atomic E-state index is 10.1. The summed E-state index contributed by atoms with van der Waals surface area (Å²) >= 11 is 0. The lowest BCUT2D eigenvalue weighted by molar-refractivity contribution is 0.211. The Morgan fingerprint density at radius 1 is 0.795 bits per heavy atom. The quantitative estimate of drug-likeness (QED) is 0.191. The number of nitriles is 1. The van der Waals surface area contributed by atoms with E-state index in [1.165, 1.54) is 74.5 Å². The molecule has 2 aromatic carbocycles. The highest BCUT2D eigenvalue weighted by Crippen LogP contribution is 2.46. The van der Waals surface area contributed by atoms with Crippen molar-refractivity contribution < 1.29 is 4.74 Å². The maximum Gasteiger partial charge on any atom is 0.119 e. The topological polar surface area (TPSA) is 33.0 Å². The van der Waals surface area contributed by atoms with E-state index in [2.05, 4.69) is 82.3 Å². The highest BCUT2D eigenvalue weighted by Gasteiger charge is 2.35. The lowest BCUT2D eigenvalue weighted by Gasteiger charge is -2.36. The Bertz CT molecular complexity index is 960. The first-order valence-corrected chi connectivity index (χ1v) is 16.2. The van der Waals surface area contributed by atoms with Crippen molar-refractivity contribution in [2.45, 2.75) is 130 Å². The highest BCUT2D eigenvalue weighted by atomic mass is 16.5. The van der Waals surface area contributed by atoms with Gasteiger partial charge in [-0.1, -0.05) is 115 Å². The molecule has 1 saturated carbocycles. The first-order valence-electron chi connectivity index (χ1n) is 16.2. The van der Waals surface area contributed by atoms with Gasteiger partial charge in [0.1, 0.15) is 5.75 Å². The minimum Gasteiger partial charge on any atom is -0.494 e. The van der Waals surface area contributed by atoms with Gasteiger partial charge in [0.15, 0.2) is 0 Å². The average molecular weight is 530 g/mol. The predicted octanol–water partition coefficient (Wildman–Crippen LogP) is 11.5. The van der Waals surface area contributed by atoms with Crippen molar-refractivity contribution in [2.75, 3.05) is 6.61 Å². The fourth-order valence-corrected chi connectivity index (χ4v) is 6.23. The van der Waals surface area contributed by atoms with Gasteiger partial charge in [0.2, 0.25) is 0 Å². The Morgan fingerprint density at radius 2 is 1.41 bits per heavy atom. The summed E-state index contributed by atoms with van der Waals surface area (Å²) in [4.78, 5) is 0. The van der Waals surface area contributed by atoms with E-state index in [1.54, 1.807) is 0 Å². The van der Waals surface area contributed by atoms with Crippen LogP contribution in [0.1, 0.15) is 135 Å². The third-order valence-corrected chi connectivity index (χ3v) is 9.11. The van der Waals surface area contributed by atoms with Gasteiger partial charge >= 0.3 is 0 Å². The van der Waals surface area contributed by atoms with Gasteiger partial charge in [-0.15, -0.1) is 0 Å². The molecule has 0 spiro atoms. The van der Waals surface area contributed by atoms with Gasteiger partial charge in [-0.2, -0.15) is 5.26 Å². The predicted molar refractivity (Wildman–Crippen MR) is 167 cm³/mol. The van der Waals surface area contributed by atoms with Crippen molar-refractivity contribution in [3.63, 3.8) is 0 Å². The van der Waals surface area contributed by atoms with Crippen LogP contribution < -0.4 is 4.74 Å². The number of ether oxygens (including phenoxy) is 1. The Hall–Kier alpha value is -2.27. The van der Waals surface area contributed by atoms with Gasteiger partial charge in [-0.05, 0) is 91.5 Å². The zero-order valence-corrected chi connectivity index (χ0v) is 25.5. The van der Waals surface area contributed by atoms with Crippen LogP contribution in [0.3, 0.4) is 0 Å². The molecule has 0 heterocycles. The van der Waals surface area contributed by atoms with E-state index in [9.17, 15) is 5.26 Å². The third kappa shape index (κ3) is 10.7. The summed E-state index contributed by atoms with van der Waals surface area (Å²) in [6.07, 6.45) is 18.4. The highest BCUT2D eigenvalue weighted by molar-refractivity contribution is 5.64. The van der Waals surface area contributed by atoms with E-state index in [0.717, 1.165) is 62.7 Å². The molecule has 1 aliphatic carbocycles. The Balaban J connectivity index is 1.43. The number of hydrogen-bond acceptors (Lipinski definition) is 2. The molecule has 1 unspecified atom stereocenters. The molecule has 0 radical (unpaired) electrons. The fraction of sp³-hybridized carbons (Fsp3) is 0.649. The Morgan fingerprint density at radius 3 is 2.03 bits per heavy atom. The maximum absolute atomic E-state index is 10.1. The van der Waals surface area contributed by atoms with Gasteiger partial charge in [-0.3, -0.25) is 0 Å². The minimum absolute atomic E-state index is 0.0956. The molecule has 0 bridgehead atoms. The van der Waals surface area contributed by atoms with E-state index in [-0.39, 0.29) is 5.41 Å². The van der Waals surface area contributed by atoms with E-state index in [4.69, 9.17) is 4.74 Å². The number of rotatable bonds is 17. The van der Waals surface area contributed by atoms with Crippen LogP contribution in [0.5, 0.6) is 5.75 Å². The molecule has 39 heavy (non-hydrogen) atoms. The van der Waals surface area contributed by atoms with Gasteiger partial charge in [0.25, 0.3) is 0 Å². The van der Waals surface area contributed by atoms with Gasteiger partial charge in [0.05, 0.1) is 18.1 Å². The molecule has 214 valence electrons. The summed E-state index contributed by atoms with van der Waals surface area (Å²) in [5.41, 5.74) is 3.84. The largest absolute Gasteiger partial charge is 0.494 e. The number of benzene rings is 2. The summed E-state index contributed by atoms with van der Waals surface area (Å²) in [7, 11) is 0. The number of nitrogens with zero attached hydrogens (tertiary/aromatic N) is 1. The zero-order chi connectivity index (χ0) is 27.9. The van der Waals surface area contributed by atoms with Crippen molar-refractivity contribution in [2.24, 2.45) is 17.3 Å². The molecule has 0 aliphatic heterocycles. The van der Waals surface area contributed by atoms with Crippen LogP contribution in [0, 0.1) is 28.6 Å². The second-order valence-electron chi connectivity index (χ2n) is 12.9. The molecule has 0 aromatic heterocycles. The molecule has 1 fully saturated rings. The molecule has 2 heteroatoms. The van der Waals surface area contributed by atoms with Crippen molar-refractivity contribution in [1.29, 1.82) is 5.26 Å². The first kappa shape index (κ1) is 31.3. The minimum atomic E-state index is -0.0956. The zero-order valence-electron chi connectivity index (χ0n) is 25.5. The SMILES string of the molecule is CCCCCCCCOc1ccc(-c2ccc(C3CCC(C#N)(CCC(C)CCCC(C)C)CC3)cc2)cc1. The van der Waals surface area contributed by atoms with E-state index in [0.29, 0.717) is 5.92 Å². The van der Waals surface area contributed by atoms with Crippen LogP contribution in [-0.4, -0.2) is 6.61 Å². The smallest absolute Gasteiger partial charge is 0.119 e. The van der Waals surface area contributed by atoms with Crippen molar-refractivity contribution in [1.82, 2.24) is 0 Å². The summed E-state index contributed by atoms with van der Waals surface area (Å²) < 4.78 is 5.96. The molecule has 1 aliphatic rings. The molecule has 0 amide bonds. The van der Waals surface area contributed by atoms with Gasteiger partial charge < -0.3 is 4.74 Å². The van der Waals surface area contributed by atoms with Crippen LogP contribution in [0.15, 0.2) is 48.5 Å². The monoisotopic (exact) mass is 529 g/mol.